The lowest BCUT2D eigenvalue weighted by molar-refractivity contribution is -0.120. The summed E-state index contributed by atoms with van der Waals surface area (Å²) in [4.78, 5) is 15.4. The summed E-state index contributed by atoms with van der Waals surface area (Å²) in [5, 5.41) is 3.34. The molecule has 0 radical (unpaired) electrons. The van der Waals surface area contributed by atoms with Gasteiger partial charge in [-0.1, -0.05) is 23.2 Å². The number of nitrogens with zero attached hydrogens (tertiary/aromatic N) is 1. The van der Waals surface area contributed by atoms with Crippen molar-refractivity contribution in [2.24, 2.45) is 10.7 Å². The molecule has 0 saturated carbocycles. The Morgan fingerprint density at radius 3 is 2.73 bits per heavy atom. The van der Waals surface area contributed by atoms with Crippen LogP contribution in [0.4, 0.5) is 0 Å². The van der Waals surface area contributed by atoms with Gasteiger partial charge in [-0.15, -0.1) is 0 Å². The molecule has 1 heterocycles. The van der Waals surface area contributed by atoms with Crippen molar-refractivity contribution >= 4 is 35.1 Å². The lowest BCUT2D eigenvalue weighted by Crippen LogP contribution is -2.31. The van der Waals surface area contributed by atoms with E-state index in [-0.39, 0.29) is 11.9 Å². The minimum atomic E-state index is -0.698. The zero-order chi connectivity index (χ0) is 11.0. The average Bonchev–Trinajstić information content (AvgIpc) is 2.50. The van der Waals surface area contributed by atoms with Gasteiger partial charge in [0.2, 0.25) is 0 Å². The van der Waals surface area contributed by atoms with Crippen molar-refractivity contribution in [1.29, 1.82) is 0 Å². The molecule has 6 heteroatoms. The summed E-state index contributed by atoms with van der Waals surface area (Å²) in [6, 6.07) is 4.18. The van der Waals surface area contributed by atoms with Crippen molar-refractivity contribution in [3.8, 4) is 0 Å². The number of guanidine groups is 1. The maximum absolute atomic E-state index is 11.4. The van der Waals surface area contributed by atoms with E-state index in [4.69, 9.17) is 28.9 Å². The fourth-order valence-electron chi connectivity index (χ4n) is 1.36. The summed E-state index contributed by atoms with van der Waals surface area (Å²) in [5.74, 6) is -0.197. The van der Waals surface area contributed by atoms with Crippen LogP contribution in [-0.2, 0) is 4.79 Å². The first kappa shape index (κ1) is 10.3. The fraction of sp³-hybridized carbons (Fsp3) is 0.111. The summed E-state index contributed by atoms with van der Waals surface area (Å²) in [7, 11) is 0. The van der Waals surface area contributed by atoms with Gasteiger partial charge in [-0.05, 0) is 18.2 Å². The first-order valence-electron chi connectivity index (χ1n) is 4.17. The van der Waals surface area contributed by atoms with Crippen LogP contribution in [0.25, 0.3) is 0 Å². The normalized spacial score (nSPS) is 20.0. The van der Waals surface area contributed by atoms with Gasteiger partial charge in [-0.25, -0.2) is 4.99 Å². The lowest BCUT2D eigenvalue weighted by Gasteiger charge is -2.07. The highest BCUT2D eigenvalue weighted by Gasteiger charge is 2.28. The van der Waals surface area contributed by atoms with Gasteiger partial charge in [-0.2, -0.15) is 0 Å². The Morgan fingerprint density at radius 2 is 2.13 bits per heavy atom. The Kier molecular flexibility index (Phi) is 2.54. The topological polar surface area (TPSA) is 67.5 Å². The second-order valence-corrected chi connectivity index (χ2v) is 3.92. The summed E-state index contributed by atoms with van der Waals surface area (Å²) in [6.45, 7) is 0. The van der Waals surface area contributed by atoms with Gasteiger partial charge < -0.3 is 5.73 Å². The van der Waals surface area contributed by atoms with Crippen molar-refractivity contribution in [3.05, 3.63) is 33.8 Å². The number of carbonyl (C=O) groups excluding carboxylic acids is 1. The molecule has 1 unspecified atom stereocenters. The number of benzene rings is 1. The van der Waals surface area contributed by atoms with E-state index in [9.17, 15) is 4.79 Å². The van der Waals surface area contributed by atoms with Crippen LogP contribution < -0.4 is 11.1 Å². The lowest BCUT2D eigenvalue weighted by atomic mass is 10.1. The zero-order valence-corrected chi connectivity index (χ0v) is 9.01. The third-order valence-electron chi connectivity index (χ3n) is 2.02. The van der Waals surface area contributed by atoms with E-state index < -0.39 is 6.04 Å². The van der Waals surface area contributed by atoms with E-state index in [1.54, 1.807) is 18.2 Å². The molecule has 1 aliphatic heterocycles. The molecular formula is C9H7Cl2N3O. The Balaban J connectivity index is 2.45. The molecular weight excluding hydrogens is 237 g/mol. The number of amides is 1. The Hall–Kier alpha value is -1.26. The molecule has 0 bridgehead atoms. The quantitative estimate of drug-likeness (QED) is 0.785. The van der Waals surface area contributed by atoms with E-state index in [2.05, 4.69) is 10.3 Å². The molecule has 0 saturated heterocycles. The minimum Gasteiger partial charge on any atom is -0.370 e. The highest BCUT2D eigenvalue weighted by atomic mass is 35.5. The van der Waals surface area contributed by atoms with Crippen LogP contribution in [0.5, 0.6) is 0 Å². The van der Waals surface area contributed by atoms with E-state index in [0.29, 0.717) is 15.6 Å². The van der Waals surface area contributed by atoms with Crippen LogP contribution in [0.2, 0.25) is 10.0 Å². The van der Waals surface area contributed by atoms with Gasteiger partial charge in [0.05, 0.1) is 0 Å². The monoisotopic (exact) mass is 243 g/mol. The number of nitrogens with one attached hydrogen (secondary N) is 1. The number of hydrogen-bond acceptors (Lipinski definition) is 3. The van der Waals surface area contributed by atoms with E-state index in [0.717, 1.165) is 0 Å². The first-order chi connectivity index (χ1) is 7.08. The summed E-state index contributed by atoms with van der Waals surface area (Å²) < 4.78 is 0. The minimum absolute atomic E-state index is 0.0982. The molecule has 1 aliphatic rings. The molecule has 1 aromatic rings. The van der Waals surface area contributed by atoms with Gasteiger partial charge in [-0.3, -0.25) is 10.1 Å². The van der Waals surface area contributed by atoms with Crippen molar-refractivity contribution in [3.63, 3.8) is 0 Å². The molecule has 78 valence electrons. The molecule has 1 amide bonds. The predicted octanol–water partition coefficient (Wildman–Crippen LogP) is 1.48. The number of hydrogen-bond donors (Lipinski definition) is 2. The molecule has 0 aliphatic carbocycles. The maximum atomic E-state index is 11.4. The first-order valence-corrected chi connectivity index (χ1v) is 4.92. The molecule has 15 heavy (non-hydrogen) atoms. The number of halogens is 2. The third kappa shape index (κ3) is 1.91. The van der Waals surface area contributed by atoms with Gasteiger partial charge >= 0.3 is 0 Å². The van der Waals surface area contributed by atoms with Crippen LogP contribution >= 0.6 is 23.2 Å². The molecule has 0 fully saturated rings. The standard InChI is InChI=1S/C9H7Cl2N3O/c10-4-1-2-6(11)5(3-4)7-8(15)14-9(12)13-7/h1-3,7H,(H3,12,13,14,15). The highest BCUT2D eigenvalue weighted by Crippen LogP contribution is 2.30. The number of aliphatic imine (C=N–C) groups is 1. The zero-order valence-electron chi connectivity index (χ0n) is 7.50. The van der Waals surface area contributed by atoms with Crippen molar-refractivity contribution in [2.75, 3.05) is 0 Å². The summed E-state index contributed by atoms with van der Waals surface area (Å²) in [6.07, 6.45) is 0. The Morgan fingerprint density at radius 1 is 1.40 bits per heavy atom. The second kappa shape index (κ2) is 3.72. The average molecular weight is 244 g/mol. The summed E-state index contributed by atoms with van der Waals surface area (Å²) >= 11 is 11.7. The number of rotatable bonds is 1. The van der Waals surface area contributed by atoms with E-state index >= 15 is 0 Å². The maximum Gasteiger partial charge on any atom is 0.256 e. The van der Waals surface area contributed by atoms with E-state index in [1.807, 2.05) is 0 Å². The van der Waals surface area contributed by atoms with Crippen molar-refractivity contribution in [1.82, 2.24) is 5.32 Å². The molecule has 1 aromatic carbocycles. The molecule has 0 aromatic heterocycles. The van der Waals surface area contributed by atoms with Gasteiger partial charge in [0.15, 0.2) is 12.0 Å². The largest absolute Gasteiger partial charge is 0.370 e. The smallest absolute Gasteiger partial charge is 0.256 e. The molecule has 2 rings (SSSR count). The SMILES string of the molecule is NC1=NC(c2cc(Cl)ccc2Cl)C(=O)N1. The second-order valence-electron chi connectivity index (χ2n) is 3.07. The molecule has 1 atom stereocenters. The molecule has 4 nitrogen and oxygen atoms in total. The van der Waals surface area contributed by atoms with Gasteiger partial charge in [0.25, 0.3) is 5.91 Å². The van der Waals surface area contributed by atoms with Crippen molar-refractivity contribution < 1.29 is 4.79 Å². The van der Waals surface area contributed by atoms with Crippen LogP contribution in [0.3, 0.4) is 0 Å². The van der Waals surface area contributed by atoms with Gasteiger partial charge in [0, 0.05) is 15.6 Å². The highest BCUT2D eigenvalue weighted by molar-refractivity contribution is 6.34. The van der Waals surface area contributed by atoms with Crippen LogP contribution in [0, 0.1) is 0 Å². The third-order valence-corrected chi connectivity index (χ3v) is 2.60. The predicted molar refractivity (Wildman–Crippen MR) is 59.0 cm³/mol. The summed E-state index contributed by atoms with van der Waals surface area (Å²) in [5.41, 5.74) is 5.94. The fourth-order valence-corrected chi connectivity index (χ4v) is 1.76. The van der Waals surface area contributed by atoms with Crippen LogP contribution in [-0.4, -0.2) is 11.9 Å². The molecule has 3 N–H and O–H groups in total. The van der Waals surface area contributed by atoms with Crippen LogP contribution in [0.1, 0.15) is 11.6 Å². The number of carbonyl (C=O) groups is 1. The van der Waals surface area contributed by atoms with E-state index in [1.165, 1.54) is 0 Å². The van der Waals surface area contributed by atoms with Crippen LogP contribution in [0.15, 0.2) is 23.2 Å². The Labute approximate surface area is 96.1 Å². The number of nitrogens with two attached hydrogens (primary N) is 1. The van der Waals surface area contributed by atoms with Gasteiger partial charge in [0.1, 0.15) is 0 Å². The Bertz CT molecular complexity index is 459. The van der Waals surface area contributed by atoms with Crippen molar-refractivity contribution in [2.45, 2.75) is 6.04 Å². The molecule has 0 spiro atoms.